The Bertz CT molecular complexity index is 1030. The Labute approximate surface area is 172 Å². The standard InChI is InChI=1S/C18H27N3O6S2/c1-12-11-15(18(13(2)19-12,17(22)27-5)28(6,23)24)14-9-7-8-10-16(14)29(25,26)20-21(3)4/h7-11,13,15,19-20H,1-6H3. The van der Waals surface area contributed by atoms with Gasteiger partial charge in [-0.3, -0.25) is 4.79 Å². The molecule has 0 saturated heterocycles. The molecule has 1 aromatic carbocycles. The van der Waals surface area contributed by atoms with Gasteiger partial charge in [-0.25, -0.2) is 21.8 Å². The number of nitrogens with zero attached hydrogens (tertiary/aromatic N) is 1. The van der Waals surface area contributed by atoms with Gasteiger partial charge in [-0.2, -0.15) is 0 Å². The van der Waals surface area contributed by atoms with Crippen LogP contribution in [0.2, 0.25) is 0 Å². The van der Waals surface area contributed by atoms with Crippen molar-refractivity contribution in [3.63, 3.8) is 0 Å². The Balaban J connectivity index is 2.90. The van der Waals surface area contributed by atoms with E-state index < -0.39 is 42.5 Å². The molecule has 2 rings (SSSR count). The zero-order valence-electron chi connectivity index (χ0n) is 17.3. The number of nitrogens with one attached hydrogen (secondary N) is 2. The van der Waals surface area contributed by atoms with Crippen LogP contribution in [-0.4, -0.2) is 66.1 Å². The lowest BCUT2D eigenvalue weighted by Gasteiger charge is -2.44. The number of benzene rings is 1. The molecule has 1 aliphatic heterocycles. The fraction of sp³-hybridized carbons (Fsp3) is 0.500. The quantitative estimate of drug-likeness (QED) is 0.476. The van der Waals surface area contributed by atoms with Crippen molar-refractivity contribution >= 4 is 25.8 Å². The molecule has 11 heteroatoms. The van der Waals surface area contributed by atoms with Crippen LogP contribution in [0, 0.1) is 0 Å². The van der Waals surface area contributed by atoms with E-state index in [2.05, 4.69) is 10.1 Å². The van der Waals surface area contributed by atoms with Crippen LogP contribution in [0.3, 0.4) is 0 Å². The van der Waals surface area contributed by atoms with Crippen LogP contribution in [0.15, 0.2) is 40.9 Å². The van der Waals surface area contributed by atoms with Crippen LogP contribution in [0.4, 0.5) is 0 Å². The third-order valence-electron chi connectivity index (χ3n) is 4.93. The molecule has 1 aromatic rings. The molecule has 0 fully saturated rings. The molecule has 0 amide bonds. The van der Waals surface area contributed by atoms with Crippen LogP contribution in [0.5, 0.6) is 0 Å². The highest BCUT2D eigenvalue weighted by Crippen LogP contribution is 2.44. The van der Waals surface area contributed by atoms with Gasteiger partial charge >= 0.3 is 5.97 Å². The second kappa shape index (κ2) is 8.05. The highest BCUT2D eigenvalue weighted by atomic mass is 32.2. The molecule has 3 unspecified atom stereocenters. The third-order valence-corrected chi connectivity index (χ3v) is 8.49. The molecular weight excluding hydrogens is 418 g/mol. The number of rotatable bonds is 6. The minimum atomic E-state index is -4.06. The van der Waals surface area contributed by atoms with E-state index in [9.17, 15) is 21.6 Å². The van der Waals surface area contributed by atoms with Gasteiger partial charge in [-0.15, -0.1) is 4.83 Å². The van der Waals surface area contributed by atoms with E-state index in [1.165, 1.54) is 37.3 Å². The lowest BCUT2D eigenvalue weighted by molar-refractivity contribution is -0.145. The zero-order valence-corrected chi connectivity index (χ0v) is 18.9. The van der Waals surface area contributed by atoms with Gasteiger partial charge in [0.25, 0.3) is 10.0 Å². The van der Waals surface area contributed by atoms with Crippen LogP contribution in [0.1, 0.15) is 25.3 Å². The molecule has 3 atom stereocenters. The summed E-state index contributed by atoms with van der Waals surface area (Å²) in [7, 11) is -3.93. The number of ether oxygens (including phenoxy) is 1. The zero-order chi connectivity index (χ0) is 22.2. The minimum absolute atomic E-state index is 0.117. The smallest absolute Gasteiger partial charge is 0.330 e. The maximum Gasteiger partial charge on any atom is 0.330 e. The first-order chi connectivity index (χ1) is 13.3. The summed E-state index contributed by atoms with van der Waals surface area (Å²) in [5.41, 5.74) is 0.809. The molecule has 1 aliphatic rings. The number of hydrogen-bond donors (Lipinski definition) is 2. The second-order valence-electron chi connectivity index (χ2n) is 7.28. The van der Waals surface area contributed by atoms with Crippen molar-refractivity contribution in [3.05, 3.63) is 41.6 Å². The molecule has 29 heavy (non-hydrogen) atoms. The minimum Gasteiger partial charge on any atom is -0.468 e. The first-order valence-electron chi connectivity index (χ1n) is 8.80. The van der Waals surface area contributed by atoms with Crippen LogP contribution >= 0.6 is 0 Å². The molecule has 2 N–H and O–H groups in total. The first kappa shape index (κ1) is 23.3. The molecule has 9 nitrogen and oxygen atoms in total. The molecule has 0 bridgehead atoms. The molecule has 0 spiro atoms. The first-order valence-corrected chi connectivity index (χ1v) is 12.2. The summed E-state index contributed by atoms with van der Waals surface area (Å²) >= 11 is 0. The predicted octanol–water partition coefficient (Wildman–Crippen LogP) is 0.377. The van der Waals surface area contributed by atoms with Crippen molar-refractivity contribution in [1.82, 2.24) is 15.2 Å². The summed E-state index contributed by atoms with van der Waals surface area (Å²) in [6.07, 6.45) is 2.51. The monoisotopic (exact) mass is 445 g/mol. The van der Waals surface area contributed by atoms with E-state index in [0.29, 0.717) is 5.70 Å². The fourth-order valence-electron chi connectivity index (χ4n) is 3.90. The average Bonchev–Trinajstić information content (AvgIpc) is 2.58. The Morgan fingerprint density at radius 2 is 1.79 bits per heavy atom. The van der Waals surface area contributed by atoms with E-state index in [4.69, 9.17) is 4.74 Å². The largest absolute Gasteiger partial charge is 0.468 e. The van der Waals surface area contributed by atoms with Crippen molar-refractivity contribution in [2.24, 2.45) is 0 Å². The molecule has 0 aliphatic carbocycles. The summed E-state index contributed by atoms with van der Waals surface area (Å²) < 4.78 is 54.7. The predicted molar refractivity (Wildman–Crippen MR) is 109 cm³/mol. The second-order valence-corrected chi connectivity index (χ2v) is 11.1. The van der Waals surface area contributed by atoms with Gasteiger partial charge in [-0.1, -0.05) is 24.3 Å². The van der Waals surface area contributed by atoms with Gasteiger partial charge in [0.1, 0.15) is 0 Å². The normalized spacial score (nSPS) is 25.3. The fourth-order valence-corrected chi connectivity index (χ4v) is 6.98. The van der Waals surface area contributed by atoms with Crippen LogP contribution < -0.4 is 10.1 Å². The number of hydrogen-bond acceptors (Lipinski definition) is 8. The Morgan fingerprint density at radius 3 is 2.31 bits per heavy atom. The van der Waals surface area contributed by atoms with Gasteiger partial charge in [0.05, 0.1) is 18.0 Å². The van der Waals surface area contributed by atoms with E-state index >= 15 is 0 Å². The van der Waals surface area contributed by atoms with Crippen molar-refractivity contribution in [2.75, 3.05) is 27.5 Å². The van der Waals surface area contributed by atoms with Gasteiger partial charge in [-0.05, 0) is 25.5 Å². The van der Waals surface area contributed by atoms with Gasteiger partial charge in [0.2, 0.25) is 0 Å². The summed E-state index contributed by atoms with van der Waals surface area (Å²) in [5, 5.41) is 4.26. The van der Waals surface area contributed by atoms with Crippen LogP contribution in [-0.2, 0) is 29.4 Å². The number of allylic oxidation sites excluding steroid dienone is 2. The molecule has 0 saturated carbocycles. The number of hydrazine groups is 1. The number of carbonyl (C=O) groups is 1. The third kappa shape index (κ3) is 4.04. The molecule has 0 aromatic heterocycles. The van der Waals surface area contributed by atoms with E-state index in [0.717, 1.165) is 13.4 Å². The molecule has 162 valence electrons. The Morgan fingerprint density at radius 1 is 1.21 bits per heavy atom. The van der Waals surface area contributed by atoms with Crippen molar-refractivity contribution in [2.45, 2.75) is 35.4 Å². The number of sulfonamides is 1. The van der Waals surface area contributed by atoms with Crippen LogP contribution in [0.25, 0.3) is 0 Å². The Hall–Kier alpha value is -1.95. The molecule has 1 heterocycles. The Kier molecular flexibility index (Phi) is 6.48. The number of carbonyl (C=O) groups excluding carboxylic acids is 1. The number of methoxy groups -OCH3 is 1. The van der Waals surface area contributed by atoms with Crippen molar-refractivity contribution in [3.8, 4) is 0 Å². The highest BCUT2D eigenvalue weighted by Gasteiger charge is 2.61. The lowest BCUT2D eigenvalue weighted by atomic mass is 9.77. The summed E-state index contributed by atoms with van der Waals surface area (Å²) in [5.74, 6) is -2.04. The lowest BCUT2D eigenvalue weighted by Crippen LogP contribution is -2.64. The van der Waals surface area contributed by atoms with Gasteiger partial charge in [0, 0.05) is 32.0 Å². The highest BCUT2D eigenvalue weighted by molar-refractivity contribution is 7.93. The van der Waals surface area contributed by atoms with E-state index in [1.54, 1.807) is 26.0 Å². The average molecular weight is 446 g/mol. The number of sulfone groups is 1. The van der Waals surface area contributed by atoms with Gasteiger partial charge in [0.15, 0.2) is 14.6 Å². The summed E-state index contributed by atoms with van der Waals surface area (Å²) in [6.45, 7) is 3.29. The van der Waals surface area contributed by atoms with Crippen molar-refractivity contribution in [1.29, 1.82) is 0 Å². The number of esters is 1. The molecule has 0 radical (unpaired) electrons. The summed E-state index contributed by atoms with van der Waals surface area (Å²) in [6, 6.07) is 5.16. The van der Waals surface area contributed by atoms with Gasteiger partial charge < -0.3 is 10.1 Å². The topological polar surface area (TPSA) is 122 Å². The van der Waals surface area contributed by atoms with E-state index in [1.807, 2.05) is 0 Å². The maximum absolute atomic E-state index is 13.0. The van der Waals surface area contributed by atoms with E-state index in [-0.39, 0.29) is 10.5 Å². The summed E-state index contributed by atoms with van der Waals surface area (Å²) in [4.78, 5) is 15.2. The maximum atomic E-state index is 13.0. The SMILES string of the molecule is COC(=O)C1(S(C)(=O)=O)C(C)NC(C)=CC1c1ccccc1S(=O)(=O)NN(C)C. The van der Waals surface area contributed by atoms with Crippen molar-refractivity contribution < 1.29 is 26.4 Å². The molecular formula is C18H27N3O6S2.